The van der Waals surface area contributed by atoms with E-state index in [-0.39, 0.29) is 17.3 Å². The number of nitriles is 1. The molecule has 2 saturated heterocycles. The van der Waals surface area contributed by atoms with Crippen LogP contribution in [0.4, 0.5) is 5.82 Å². The quantitative estimate of drug-likeness (QED) is 0.158. The highest BCUT2D eigenvalue weighted by atomic mass is 31.2. The van der Waals surface area contributed by atoms with Crippen LogP contribution in [0.2, 0.25) is 0 Å². The maximum absolute atomic E-state index is 14.9. The minimum Gasteiger partial charge on any atom is -0.461 e. The number of fused-ring (bicyclic) bond motifs is 2. The molecule has 6 rings (SSSR count). The topological polar surface area (TPSA) is 225 Å². The molecule has 54 heavy (non-hydrogen) atoms. The summed E-state index contributed by atoms with van der Waals surface area (Å²) < 4.78 is 58.4. The number of rotatable bonds is 11. The first-order chi connectivity index (χ1) is 25.3. The highest BCUT2D eigenvalue weighted by Crippen LogP contribution is 2.71. The third-order valence-corrected chi connectivity index (χ3v) is 11.0. The summed E-state index contributed by atoms with van der Waals surface area (Å²) in [7, 11) is -4.73. The van der Waals surface area contributed by atoms with E-state index in [0.717, 1.165) is 0 Å². The van der Waals surface area contributed by atoms with Crippen LogP contribution in [0.15, 0.2) is 48.8 Å². The molecule has 0 bridgehead atoms. The van der Waals surface area contributed by atoms with Crippen molar-refractivity contribution >= 4 is 37.0 Å². The van der Waals surface area contributed by atoms with Crippen LogP contribution >= 0.6 is 7.75 Å². The van der Waals surface area contributed by atoms with E-state index in [4.69, 9.17) is 38.5 Å². The molecular weight excluding hydrogens is 723 g/mol. The van der Waals surface area contributed by atoms with Crippen LogP contribution in [0.1, 0.15) is 73.1 Å². The molecule has 0 amide bonds. The van der Waals surface area contributed by atoms with Gasteiger partial charge < -0.3 is 33.9 Å². The maximum atomic E-state index is 14.9. The van der Waals surface area contributed by atoms with Crippen molar-refractivity contribution in [3.63, 3.8) is 0 Å². The van der Waals surface area contributed by atoms with Crippen LogP contribution < -0.4 is 15.3 Å². The molecule has 1 aromatic carbocycles. The molecule has 17 nitrogen and oxygen atoms in total. The number of hydrogen-bond acceptors (Lipinski definition) is 15. The van der Waals surface area contributed by atoms with E-state index in [9.17, 15) is 24.2 Å². The van der Waals surface area contributed by atoms with Crippen molar-refractivity contribution in [2.75, 3.05) is 18.9 Å². The molecule has 3 aromatic rings. The number of para-hydroxylation sites is 1. The van der Waals surface area contributed by atoms with Gasteiger partial charge in [0, 0.05) is 12.8 Å². The lowest BCUT2D eigenvalue weighted by molar-refractivity contribution is -0.187. The first-order valence-electron chi connectivity index (χ1n) is 17.6. The zero-order valence-electron chi connectivity index (χ0n) is 31.1. The molecule has 7 atom stereocenters. The molecule has 1 saturated carbocycles. The third-order valence-electron chi connectivity index (χ3n) is 9.32. The smallest absolute Gasteiger partial charge is 0.460 e. The summed E-state index contributed by atoms with van der Waals surface area (Å²) >= 11 is 0. The van der Waals surface area contributed by atoms with Crippen LogP contribution in [0, 0.1) is 22.2 Å². The van der Waals surface area contributed by atoms with Crippen molar-refractivity contribution in [3.05, 3.63) is 54.5 Å². The fraction of sp³-hybridized carbons (Fsp3) is 0.556. The monoisotopic (exact) mass is 768 g/mol. The normalized spacial score (nSPS) is 27.2. The van der Waals surface area contributed by atoms with Gasteiger partial charge in [-0.15, -0.1) is 0 Å². The first kappa shape index (κ1) is 39.1. The van der Waals surface area contributed by atoms with Gasteiger partial charge in [0.1, 0.15) is 41.9 Å². The van der Waals surface area contributed by atoms with Crippen LogP contribution in [0.25, 0.3) is 5.52 Å². The lowest BCUT2D eigenvalue weighted by Crippen LogP contribution is -2.46. The summed E-state index contributed by atoms with van der Waals surface area (Å²) in [5, 5.41) is 17.9. The van der Waals surface area contributed by atoms with Crippen LogP contribution in [0.3, 0.4) is 0 Å². The SMILES string of the molecule is C[C@H](N[P@](=O)(Oc1ccccc1)OC1[C@@]2(C#N)O[C@@H](c3ccc4c(N)ncnn34)[C@H](OC(=O)C(C)(C)C)[C@@]12OC(=O)C(C)(C)C)C(=O)OC1CCOCC1. The van der Waals surface area contributed by atoms with Gasteiger partial charge in [-0.3, -0.25) is 18.9 Å². The number of nitrogens with one attached hydrogen (secondary N) is 1. The van der Waals surface area contributed by atoms with Gasteiger partial charge in [-0.2, -0.15) is 15.4 Å². The van der Waals surface area contributed by atoms with Gasteiger partial charge in [-0.25, -0.2) is 14.1 Å². The van der Waals surface area contributed by atoms with E-state index in [1.54, 1.807) is 71.9 Å². The summed E-state index contributed by atoms with van der Waals surface area (Å²) in [6, 6.07) is 12.0. The Bertz CT molecular complexity index is 2000. The molecule has 3 aliphatic rings. The van der Waals surface area contributed by atoms with Gasteiger partial charge in [0.2, 0.25) is 11.2 Å². The van der Waals surface area contributed by atoms with Gasteiger partial charge in [0.15, 0.2) is 18.0 Å². The molecule has 3 fully saturated rings. The second-order valence-electron chi connectivity index (χ2n) is 15.6. The van der Waals surface area contributed by atoms with E-state index in [1.807, 2.05) is 0 Å². The Morgan fingerprint density at radius 1 is 1.04 bits per heavy atom. The molecule has 2 aliphatic heterocycles. The van der Waals surface area contributed by atoms with E-state index >= 15 is 0 Å². The lowest BCUT2D eigenvalue weighted by atomic mass is 9.95. The van der Waals surface area contributed by atoms with E-state index in [0.29, 0.717) is 31.6 Å². The number of carbonyl (C=O) groups is 3. The van der Waals surface area contributed by atoms with Crippen molar-refractivity contribution in [2.24, 2.45) is 10.8 Å². The third kappa shape index (κ3) is 7.16. The predicted octanol–water partition coefficient (Wildman–Crippen LogP) is 4.22. The number of nitrogens with two attached hydrogens (primary N) is 1. The molecular formula is C36H45N6O11P. The summed E-state index contributed by atoms with van der Waals surface area (Å²) in [5.74, 6) is -2.05. The Kier molecular flexibility index (Phi) is 10.3. The largest absolute Gasteiger partial charge is 0.461 e. The molecule has 0 spiro atoms. The van der Waals surface area contributed by atoms with Crippen molar-refractivity contribution < 1.29 is 51.7 Å². The average molecular weight is 769 g/mol. The molecule has 1 unspecified atom stereocenters. The summed E-state index contributed by atoms with van der Waals surface area (Å²) in [6.07, 6.45) is -2.77. The standard InChI is InChI=1S/C36H45N6O11P/c1-21(29(43)48-22-15-17-47-18-16-22)41-54(46,52-23-11-9-8-10-12-23)53-30-35(19-37)36(30,51-32(45)34(5,6)7)27(49-31(44)33(2,3)4)26(50-35)24-13-14-25-28(38)39-20-40-42(24)25/h8-14,20-22,26-27,30H,15-18H2,1-7H3,(H,41,46)(H2,38,39,40)/t21-,26-,27-,30?,35+,36+,54-/m0/s1. The molecule has 18 heteroatoms. The zero-order chi connectivity index (χ0) is 39.3. The molecule has 290 valence electrons. The summed E-state index contributed by atoms with van der Waals surface area (Å²) in [6.45, 7) is 11.9. The van der Waals surface area contributed by atoms with E-state index < -0.39 is 78.1 Å². The van der Waals surface area contributed by atoms with Gasteiger partial charge in [0.05, 0.1) is 29.7 Å². The number of ether oxygens (including phenoxy) is 5. The summed E-state index contributed by atoms with van der Waals surface area (Å²) in [5.41, 5.74) is 0.109. The Morgan fingerprint density at radius 2 is 1.70 bits per heavy atom. The molecule has 3 N–H and O–H groups in total. The highest BCUT2D eigenvalue weighted by molar-refractivity contribution is 7.52. The second kappa shape index (κ2) is 14.2. The predicted molar refractivity (Wildman–Crippen MR) is 189 cm³/mol. The second-order valence-corrected chi connectivity index (χ2v) is 17.2. The first-order valence-corrected chi connectivity index (χ1v) is 19.1. The number of esters is 3. The Balaban J connectivity index is 1.44. The fourth-order valence-electron chi connectivity index (χ4n) is 6.26. The zero-order valence-corrected chi connectivity index (χ0v) is 32.0. The van der Waals surface area contributed by atoms with Crippen molar-refractivity contribution in [1.82, 2.24) is 19.7 Å². The van der Waals surface area contributed by atoms with Crippen LogP contribution in [-0.2, 0) is 47.2 Å². The number of carbonyl (C=O) groups excluding carboxylic acids is 3. The molecule has 1 aliphatic carbocycles. The van der Waals surface area contributed by atoms with Crippen molar-refractivity contribution in [2.45, 2.75) is 103 Å². The minimum atomic E-state index is -4.73. The Hall–Kier alpha value is -4.59. The van der Waals surface area contributed by atoms with E-state index in [1.165, 1.54) is 29.9 Å². The highest BCUT2D eigenvalue weighted by Gasteiger charge is 2.95. The Morgan fingerprint density at radius 3 is 2.33 bits per heavy atom. The van der Waals surface area contributed by atoms with E-state index in [2.05, 4.69) is 21.2 Å². The summed E-state index contributed by atoms with van der Waals surface area (Å²) in [4.78, 5) is 44.8. The fourth-order valence-corrected chi connectivity index (χ4v) is 7.98. The van der Waals surface area contributed by atoms with Crippen LogP contribution in [0.5, 0.6) is 5.75 Å². The van der Waals surface area contributed by atoms with Gasteiger partial charge in [-0.1, -0.05) is 18.2 Å². The number of anilines is 1. The molecule has 2 aromatic heterocycles. The maximum Gasteiger partial charge on any atom is 0.460 e. The van der Waals surface area contributed by atoms with Crippen molar-refractivity contribution in [3.8, 4) is 11.8 Å². The number of aromatic nitrogens is 3. The van der Waals surface area contributed by atoms with Gasteiger partial charge >= 0.3 is 25.7 Å². The number of nitrogen functional groups attached to an aromatic ring is 1. The van der Waals surface area contributed by atoms with Crippen LogP contribution in [-0.4, -0.2) is 81.3 Å². The minimum absolute atomic E-state index is 0.0855. The molecule has 4 heterocycles. The Labute approximate surface area is 312 Å². The van der Waals surface area contributed by atoms with Gasteiger partial charge in [-0.05, 0) is 72.7 Å². The van der Waals surface area contributed by atoms with Crippen molar-refractivity contribution in [1.29, 1.82) is 5.26 Å². The number of benzene rings is 1. The number of hydrogen-bond donors (Lipinski definition) is 2. The average Bonchev–Trinajstić information content (AvgIpc) is 3.35. The molecule has 0 radical (unpaired) electrons. The van der Waals surface area contributed by atoms with Gasteiger partial charge in [0.25, 0.3) is 0 Å². The number of nitrogens with zero attached hydrogens (tertiary/aromatic N) is 4. The lowest BCUT2D eigenvalue weighted by Gasteiger charge is -2.32.